The van der Waals surface area contributed by atoms with Crippen molar-refractivity contribution in [1.82, 2.24) is 10.3 Å². The van der Waals surface area contributed by atoms with Crippen molar-refractivity contribution in [2.24, 2.45) is 0 Å². The van der Waals surface area contributed by atoms with Crippen LogP contribution in [0.15, 0.2) is 84.8 Å². The van der Waals surface area contributed by atoms with E-state index in [0.29, 0.717) is 16.8 Å². The smallest absolute Gasteiger partial charge is 0.272 e. The zero-order chi connectivity index (χ0) is 19.1. The van der Waals surface area contributed by atoms with E-state index in [2.05, 4.69) is 15.6 Å². The second-order valence-electron chi connectivity index (χ2n) is 5.67. The molecule has 2 aromatic carbocycles. The van der Waals surface area contributed by atoms with Crippen molar-refractivity contribution in [2.75, 3.05) is 5.32 Å². The van der Waals surface area contributed by atoms with E-state index >= 15 is 0 Å². The molecular formula is C21H17N3O3. The van der Waals surface area contributed by atoms with Crippen molar-refractivity contribution in [3.8, 4) is 5.75 Å². The number of pyridine rings is 1. The lowest BCUT2D eigenvalue weighted by atomic mass is 10.1. The highest BCUT2D eigenvalue weighted by Gasteiger charge is 2.15. The second-order valence-corrected chi connectivity index (χ2v) is 5.67. The molecule has 0 aliphatic rings. The number of nitrogens with one attached hydrogen (secondary N) is 2. The molecule has 3 aromatic rings. The number of amides is 2. The number of anilines is 1. The first-order valence-corrected chi connectivity index (χ1v) is 8.20. The fourth-order valence-corrected chi connectivity index (χ4v) is 2.31. The maximum Gasteiger partial charge on any atom is 0.272 e. The van der Waals surface area contributed by atoms with Crippen molar-refractivity contribution >= 4 is 23.6 Å². The van der Waals surface area contributed by atoms with E-state index in [1.807, 2.05) is 0 Å². The van der Waals surface area contributed by atoms with Gasteiger partial charge in [0.15, 0.2) is 0 Å². The number of benzene rings is 2. The Labute approximate surface area is 156 Å². The van der Waals surface area contributed by atoms with Crippen LogP contribution in [-0.4, -0.2) is 21.9 Å². The van der Waals surface area contributed by atoms with Gasteiger partial charge in [-0.1, -0.05) is 30.3 Å². The average Bonchev–Trinajstić information content (AvgIpc) is 2.70. The minimum atomic E-state index is -0.486. The standard InChI is InChI=1S/C21H17N3O3/c25-18-10-8-15(9-11-18)13-19(21(27)23-17-7-4-12-22-14-17)24-20(26)16-5-2-1-3-6-16/h1-14,25H,(H,23,27)(H,24,26)/b19-13-. The number of nitrogens with zero attached hydrogens (tertiary/aromatic N) is 1. The lowest BCUT2D eigenvalue weighted by Crippen LogP contribution is -2.30. The van der Waals surface area contributed by atoms with Crippen LogP contribution in [0.4, 0.5) is 5.69 Å². The first kappa shape index (κ1) is 17.9. The lowest BCUT2D eigenvalue weighted by Gasteiger charge is -2.11. The molecule has 0 aliphatic carbocycles. The molecule has 0 atom stereocenters. The van der Waals surface area contributed by atoms with Crippen LogP contribution in [0.1, 0.15) is 15.9 Å². The first-order chi connectivity index (χ1) is 13.1. The number of phenols is 1. The van der Waals surface area contributed by atoms with Crippen molar-refractivity contribution in [2.45, 2.75) is 0 Å². The summed E-state index contributed by atoms with van der Waals surface area (Å²) in [7, 11) is 0. The first-order valence-electron chi connectivity index (χ1n) is 8.20. The van der Waals surface area contributed by atoms with Gasteiger partial charge in [-0.2, -0.15) is 0 Å². The maximum absolute atomic E-state index is 12.7. The minimum absolute atomic E-state index is 0.0680. The summed E-state index contributed by atoms with van der Waals surface area (Å²) in [6, 6.07) is 18.3. The highest BCUT2D eigenvalue weighted by molar-refractivity contribution is 6.10. The molecule has 0 bridgehead atoms. The molecule has 134 valence electrons. The number of hydrogen-bond donors (Lipinski definition) is 3. The van der Waals surface area contributed by atoms with Crippen LogP contribution < -0.4 is 10.6 Å². The van der Waals surface area contributed by atoms with Gasteiger partial charge in [0.1, 0.15) is 11.4 Å². The molecule has 0 saturated carbocycles. The van der Waals surface area contributed by atoms with Crippen LogP contribution >= 0.6 is 0 Å². The number of hydrogen-bond acceptors (Lipinski definition) is 4. The molecule has 1 heterocycles. The summed E-state index contributed by atoms with van der Waals surface area (Å²) in [5, 5.41) is 14.8. The van der Waals surface area contributed by atoms with Crippen LogP contribution in [-0.2, 0) is 4.79 Å². The summed E-state index contributed by atoms with van der Waals surface area (Å²) >= 11 is 0. The van der Waals surface area contributed by atoms with Gasteiger partial charge in [-0.25, -0.2) is 0 Å². The van der Waals surface area contributed by atoms with E-state index in [0.717, 1.165) is 0 Å². The zero-order valence-electron chi connectivity index (χ0n) is 14.3. The molecule has 0 radical (unpaired) electrons. The summed E-state index contributed by atoms with van der Waals surface area (Å²) in [6.45, 7) is 0. The van der Waals surface area contributed by atoms with Gasteiger partial charge >= 0.3 is 0 Å². The van der Waals surface area contributed by atoms with E-state index in [1.54, 1.807) is 60.8 Å². The van der Waals surface area contributed by atoms with Crippen molar-refractivity contribution in [3.05, 3.63) is 95.9 Å². The maximum atomic E-state index is 12.7. The Morgan fingerprint density at radius 3 is 2.33 bits per heavy atom. The van der Waals surface area contributed by atoms with Gasteiger partial charge in [-0.15, -0.1) is 0 Å². The van der Waals surface area contributed by atoms with Crippen molar-refractivity contribution in [3.63, 3.8) is 0 Å². The van der Waals surface area contributed by atoms with Gasteiger partial charge in [0, 0.05) is 11.8 Å². The van der Waals surface area contributed by atoms with E-state index in [-0.39, 0.29) is 11.4 Å². The zero-order valence-corrected chi connectivity index (χ0v) is 14.3. The van der Waals surface area contributed by atoms with E-state index < -0.39 is 11.8 Å². The Hall–Kier alpha value is -3.93. The van der Waals surface area contributed by atoms with Gasteiger partial charge in [0.25, 0.3) is 11.8 Å². The topological polar surface area (TPSA) is 91.3 Å². The van der Waals surface area contributed by atoms with Crippen molar-refractivity contribution in [1.29, 1.82) is 0 Å². The molecule has 6 heteroatoms. The third kappa shape index (κ3) is 5.02. The van der Waals surface area contributed by atoms with Gasteiger partial charge in [-0.3, -0.25) is 14.6 Å². The molecule has 6 nitrogen and oxygen atoms in total. The lowest BCUT2D eigenvalue weighted by molar-refractivity contribution is -0.113. The molecular weight excluding hydrogens is 342 g/mol. The molecule has 0 unspecified atom stereocenters. The van der Waals surface area contributed by atoms with Crippen LogP contribution in [0.3, 0.4) is 0 Å². The largest absolute Gasteiger partial charge is 0.508 e. The number of carbonyl (C=O) groups is 2. The van der Waals surface area contributed by atoms with E-state index in [9.17, 15) is 14.7 Å². The Morgan fingerprint density at radius 2 is 1.67 bits per heavy atom. The molecule has 1 aromatic heterocycles. The molecule has 3 rings (SSSR count). The molecule has 3 N–H and O–H groups in total. The fraction of sp³-hybridized carbons (Fsp3) is 0. The average molecular weight is 359 g/mol. The monoisotopic (exact) mass is 359 g/mol. The number of carbonyl (C=O) groups excluding carboxylic acids is 2. The minimum Gasteiger partial charge on any atom is -0.508 e. The predicted molar refractivity (Wildman–Crippen MR) is 103 cm³/mol. The van der Waals surface area contributed by atoms with Crippen LogP contribution in [0.2, 0.25) is 0 Å². The third-order valence-electron chi connectivity index (χ3n) is 3.65. The Kier molecular flexibility index (Phi) is 5.59. The molecule has 27 heavy (non-hydrogen) atoms. The Bertz CT molecular complexity index is 953. The summed E-state index contributed by atoms with van der Waals surface area (Å²) < 4.78 is 0. The van der Waals surface area contributed by atoms with Gasteiger partial charge in [0.2, 0.25) is 0 Å². The van der Waals surface area contributed by atoms with Crippen LogP contribution in [0, 0.1) is 0 Å². The van der Waals surface area contributed by atoms with Crippen LogP contribution in [0.25, 0.3) is 6.08 Å². The van der Waals surface area contributed by atoms with Gasteiger partial charge < -0.3 is 15.7 Å². The molecule has 0 fully saturated rings. The molecule has 2 amide bonds. The Morgan fingerprint density at radius 1 is 0.926 bits per heavy atom. The van der Waals surface area contributed by atoms with E-state index in [4.69, 9.17) is 0 Å². The number of phenolic OH excluding ortho intramolecular Hbond substituents is 1. The second kappa shape index (κ2) is 8.44. The SMILES string of the molecule is O=C(Nc1cccnc1)/C(=C/c1ccc(O)cc1)NC(=O)c1ccccc1. The number of aromatic hydroxyl groups is 1. The molecule has 0 aliphatic heterocycles. The summed E-state index contributed by atoms with van der Waals surface area (Å²) in [4.78, 5) is 29.1. The summed E-state index contributed by atoms with van der Waals surface area (Å²) in [5.41, 5.74) is 1.66. The summed E-state index contributed by atoms with van der Waals surface area (Å²) in [6.07, 6.45) is 4.64. The highest BCUT2D eigenvalue weighted by atomic mass is 16.3. The van der Waals surface area contributed by atoms with Gasteiger partial charge in [-0.05, 0) is 48.0 Å². The predicted octanol–water partition coefficient (Wildman–Crippen LogP) is 3.20. The highest BCUT2D eigenvalue weighted by Crippen LogP contribution is 2.14. The van der Waals surface area contributed by atoms with Crippen LogP contribution in [0.5, 0.6) is 5.75 Å². The molecule has 0 saturated heterocycles. The fourth-order valence-electron chi connectivity index (χ4n) is 2.31. The summed E-state index contributed by atoms with van der Waals surface area (Å²) in [5.74, 6) is -0.774. The third-order valence-corrected chi connectivity index (χ3v) is 3.65. The normalized spacial score (nSPS) is 10.9. The Balaban J connectivity index is 1.87. The van der Waals surface area contributed by atoms with Gasteiger partial charge in [0.05, 0.1) is 11.9 Å². The number of rotatable bonds is 5. The van der Waals surface area contributed by atoms with E-state index in [1.165, 1.54) is 24.4 Å². The quantitative estimate of drug-likeness (QED) is 0.610. The van der Waals surface area contributed by atoms with Crippen molar-refractivity contribution < 1.29 is 14.7 Å². The number of aromatic nitrogens is 1. The molecule has 0 spiro atoms.